The number of rotatable bonds is 10. The van der Waals surface area contributed by atoms with E-state index in [9.17, 15) is 27.5 Å². The van der Waals surface area contributed by atoms with E-state index in [1.807, 2.05) is 0 Å². The molecule has 1 aliphatic rings. The molecule has 1 heterocycles. The Labute approximate surface area is 169 Å². The Balaban J connectivity index is 1.90. The van der Waals surface area contributed by atoms with Gasteiger partial charge < -0.3 is 19.5 Å². The Hall–Kier alpha value is -2.46. The van der Waals surface area contributed by atoms with Crippen molar-refractivity contribution in [3.63, 3.8) is 0 Å². The van der Waals surface area contributed by atoms with Crippen LogP contribution in [0.25, 0.3) is 0 Å². The van der Waals surface area contributed by atoms with Crippen LogP contribution < -0.4 is 4.74 Å². The van der Waals surface area contributed by atoms with Gasteiger partial charge in [-0.1, -0.05) is 17.7 Å². The number of ether oxygens (including phenoxy) is 2. The molecule has 0 atom stereocenters. The van der Waals surface area contributed by atoms with Crippen LogP contribution in [0.2, 0.25) is 5.02 Å². The number of carboxylic acid groups (broad SMARTS) is 1. The van der Waals surface area contributed by atoms with E-state index >= 15 is 0 Å². The van der Waals surface area contributed by atoms with Gasteiger partial charge in [-0.15, -0.1) is 0 Å². The van der Waals surface area contributed by atoms with E-state index in [1.165, 1.54) is 11.1 Å². The van der Waals surface area contributed by atoms with Gasteiger partial charge in [0.15, 0.2) is 0 Å². The smallest absolute Gasteiger partial charge is 0.416 e. The van der Waals surface area contributed by atoms with Gasteiger partial charge in [-0.05, 0) is 30.3 Å². The van der Waals surface area contributed by atoms with Gasteiger partial charge in [-0.25, -0.2) is 13.6 Å². The highest BCUT2D eigenvalue weighted by Gasteiger charge is 2.42. The summed E-state index contributed by atoms with van der Waals surface area (Å²) in [5.74, 6) is 0.520. The molecule has 29 heavy (non-hydrogen) atoms. The van der Waals surface area contributed by atoms with Crippen LogP contribution in [0.3, 0.4) is 0 Å². The third-order valence-corrected chi connectivity index (χ3v) is 4.06. The van der Waals surface area contributed by atoms with Gasteiger partial charge in [0, 0.05) is 24.3 Å². The van der Waals surface area contributed by atoms with Crippen molar-refractivity contribution in [3.05, 3.63) is 53.3 Å². The zero-order valence-electron chi connectivity index (χ0n) is 15.1. The summed E-state index contributed by atoms with van der Waals surface area (Å²) in [6.45, 7) is -0.417. The lowest BCUT2D eigenvalue weighted by Crippen LogP contribution is -2.37. The standard InChI is InChI=1S/C18H19ClF4N2O4/c19-13-3-5-15(6-4-13)28-10-9-25(17(26)27)14-2-1-7-24(12-14)8-11-29-18(22,23)16(20)21/h1-6,12,16H,7-11H2,(H,26,27). The first-order valence-electron chi connectivity index (χ1n) is 8.50. The molecular weight excluding hydrogens is 420 g/mol. The van der Waals surface area contributed by atoms with E-state index in [1.54, 1.807) is 36.4 Å². The number of amides is 1. The van der Waals surface area contributed by atoms with Crippen LogP contribution in [0.5, 0.6) is 5.75 Å². The molecule has 0 unspecified atom stereocenters. The van der Waals surface area contributed by atoms with Crippen LogP contribution in [0, 0.1) is 0 Å². The first-order chi connectivity index (χ1) is 13.7. The molecule has 0 fully saturated rings. The van der Waals surface area contributed by atoms with Gasteiger partial charge in [-0.2, -0.15) is 8.78 Å². The molecule has 6 nitrogen and oxygen atoms in total. The Bertz CT molecular complexity index is 744. The van der Waals surface area contributed by atoms with Crippen LogP contribution in [0.15, 0.2) is 48.3 Å². The van der Waals surface area contributed by atoms with Crippen LogP contribution in [-0.2, 0) is 4.74 Å². The Morgan fingerprint density at radius 3 is 2.59 bits per heavy atom. The van der Waals surface area contributed by atoms with Gasteiger partial charge in [0.1, 0.15) is 12.4 Å². The van der Waals surface area contributed by atoms with Crippen molar-refractivity contribution < 1.29 is 36.9 Å². The zero-order valence-corrected chi connectivity index (χ0v) is 15.9. The highest BCUT2D eigenvalue weighted by Crippen LogP contribution is 2.24. The molecule has 160 valence electrons. The average molecular weight is 439 g/mol. The van der Waals surface area contributed by atoms with Gasteiger partial charge in [-0.3, -0.25) is 4.90 Å². The summed E-state index contributed by atoms with van der Waals surface area (Å²) in [4.78, 5) is 14.1. The third kappa shape index (κ3) is 7.13. The summed E-state index contributed by atoms with van der Waals surface area (Å²) >= 11 is 5.78. The van der Waals surface area contributed by atoms with Gasteiger partial charge in [0.2, 0.25) is 0 Å². The molecule has 0 saturated carbocycles. The molecule has 1 aromatic carbocycles. The van der Waals surface area contributed by atoms with E-state index in [-0.39, 0.29) is 25.4 Å². The lowest BCUT2D eigenvalue weighted by molar-refractivity contribution is -0.300. The predicted molar refractivity (Wildman–Crippen MR) is 97.4 cm³/mol. The fourth-order valence-corrected chi connectivity index (χ4v) is 2.52. The minimum atomic E-state index is -4.52. The Kier molecular flexibility index (Phi) is 8.15. The fraction of sp³-hybridized carbons (Fsp3) is 0.389. The number of halogens is 5. The maximum absolute atomic E-state index is 12.8. The maximum atomic E-state index is 12.8. The molecule has 1 aromatic rings. The molecular formula is C18H19ClF4N2O4. The van der Waals surface area contributed by atoms with Crippen molar-refractivity contribution in [3.8, 4) is 5.75 Å². The van der Waals surface area contributed by atoms with Gasteiger partial charge >= 0.3 is 18.6 Å². The summed E-state index contributed by atoms with van der Waals surface area (Å²) in [6.07, 6.45) is -5.07. The number of benzene rings is 1. The highest BCUT2D eigenvalue weighted by molar-refractivity contribution is 6.30. The summed E-state index contributed by atoms with van der Waals surface area (Å²) in [7, 11) is 0. The predicted octanol–water partition coefficient (Wildman–Crippen LogP) is 4.29. The first kappa shape index (κ1) is 22.8. The van der Waals surface area contributed by atoms with E-state index in [0.29, 0.717) is 17.3 Å². The Morgan fingerprint density at radius 1 is 1.28 bits per heavy atom. The fourth-order valence-electron chi connectivity index (χ4n) is 2.39. The molecule has 0 bridgehead atoms. The van der Waals surface area contributed by atoms with Crippen molar-refractivity contribution in [2.45, 2.75) is 12.5 Å². The monoisotopic (exact) mass is 438 g/mol. The van der Waals surface area contributed by atoms with E-state index in [2.05, 4.69) is 4.74 Å². The minimum Gasteiger partial charge on any atom is -0.492 e. The molecule has 1 aliphatic heterocycles. The molecule has 1 N–H and O–H groups in total. The summed E-state index contributed by atoms with van der Waals surface area (Å²) < 4.78 is 59.2. The molecule has 11 heteroatoms. The molecule has 0 spiro atoms. The van der Waals surface area contributed by atoms with Crippen molar-refractivity contribution in [2.24, 2.45) is 0 Å². The zero-order chi connectivity index (χ0) is 21.4. The topological polar surface area (TPSA) is 62.2 Å². The molecule has 0 radical (unpaired) electrons. The number of carbonyl (C=O) groups is 1. The number of nitrogens with zero attached hydrogens (tertiary/aromatic N) is 2. The number of alkyl halides is 4. The largest absolute Gasteiger partial charge is 0.492 e. The van der Waals surface area contributed by atoms with E-state index in [0.717, 1.165) is 4.90 Å². The lowest BCUT2D eigenvalue weighted by Gasteiger charge is -2.28. The van der Waals surface area contributed by atoms with Crippen molar-refractivity contribution in [1.29, 1.82) is 0 Å². The SMILES string of the molecule is O=C(O)N(CCOc1ccc(Cl)cc1)C1=CN(CCOC(F)(F)C(F)F)CC=C1. The molecule has 1 amide bonds. The average Bonchev–Trinajstić information content (AvgIpc) is 2.66. The van der Waals surface area contributed by atoms with Crippen molar-refractivity contribution in [2.75, 3.05) is 32.8 Å². The van der Waals surface area contributed by atoms with Crippen LogP contribution in [-0.4, -0.2) is 66.4 Å². The van der Waals surface area contributed by atoms with E-state index in [4.69, 9.17) is 16.3 Å². The second kappa shape index (κ2) is 10.4. The lowest BCUT2D eigenvalue weighted by atomic mass is 10.2. The summed E-state index contributed by atoms with van der Waals surface area (Å²) in [5, 5.41) is 9.98. The normalized spacial score (nSPS) is 14.1. The van der Waals surface area contributed by atoms with Crippen LogP contribution >= 0.6 is 11.6 Å². The second-order valence-electron chi connectivity index (χ2n) is 5.90. The van der Waals surface area contributed by atoms with Gasteiger partial charge in [0.05, 0.1) is 18.8 Å². The van der Waals surface area contributed by atoms with Gasteiger partial charge in [0.25, 0.3) is 0 Å². The first-order valence-corrected chi connectivity index (χ1v) is 8.88. The minimum absolute atomic E-state index is 0.00191. The second-order valence-corrected chi connectivity index (χ2v) is 6.34. The van der Waals surface area contributed by atoms with Crippen molar-refractivity contribution in [1.82, 2.24) is 9.80 Å². The van der Waals surface area contributed by atoms with Crippen molar-refractivity contribution >= 4 is 17.7 Å². The number of allylic oxidation sites excluding steroid dienone is 1. The van der Waals surface area contributed by atoms with Crippen LogP contribution in [0.1, 0.15) is 0 Å². The number of hydrogen-bond donors (Lipinski definition) is 1. The molecule has 0 aromatic heterocycles. The quantitative estimate of drug-likeness (QED) is 0.552. The maximum Gasteiger partial charge on any atom is 0.416 e. The summed E-state index contributed by atoms with van der Waals surface area (Å²) in [6, 6.07) is 6.56. The number of hydrogen-bond acceptors (Lipinski definition) is 4. The summed E-state index contributed by atoms with van der Waals surface area (Å²) in [5.41, 5.74) is 0.282. The van der Waals surface area contributed by atoms with E-state index < -0.39 is 25.2 Å². The molecule has 0 aliphatic carbocycles. The molecule has 2 rings (SSSR count). The molecule has 0 saturated heterocycles. The van der Waals surface area contributed by atoms with Crippen LogP contribution in [0.4, 0.5) is 22.4 Å². The Morgan fingerprint density at radius 2 is 1.97 bits per heavy atom. The highest BCUT2D eigenvalue weighted by atomic mass is 35.5. The third-order valence-electron chi connectivity index (χ3n) is 3.81.